The summed E-state index contributed by atoms with van der Waals surface area (Å²) in [6.45, 7) is 3.29. The van der Waals surface area contributed by atoms with Crippen LogP contribution in [0.5, 0.6) is 5.75 Å². The number of nitrogens with zero attached hydrogens (tertiary/aromatic N) is 2. The molecule has 0 atom stereocenters. The van der Waals surface area contributed by atoms with Gasteiger partial charge in [-0.2, -0.15) is 0 Å². The Morgan fingerprint density at radius 1 is 1.25 bits per heavy atom. The van der Waals surface area contributed by atoms with Crippen molar-refractivity contribution in [2.24, 2.45) is 0 Å². The van der Waals surface area contributed by atoms with Gasteiger partial charge in [0.1, 0.15) is 27.1 Å². The van der Waals surface area contributed by atoms with Gasteiger partial charge >= 0.3 is 5.97 Å². The highest BCUT2D eigenvalue weighted by Gasteiger charge is 2.21. The van der Waals surface area contributed by atoms with Crippen molar-refractivity contribution in [3.8, 4) is 5.75 Å². The highest BCUT2D eigenvalue weighted by molar-refractivity contribution is 7.20. The lowest BCUT2D eigenvalue weighted by Crippen LogP contribution is -2.26. The van der Waals surface area contributed by atoms with Crippen molar-refractivity contribution >= 4 is 33.3 Å². The molecule has 0 amide bonds. The molecule has 8 heteroatoms. The number of carbonyl (C=O) groups is 2. The minimum absolute atomic E-state index is 0.0318. The summed E-state index contributed by atoms with van der Waals surface area (Å²) in [6, 6.07) is 7.41. The number of carboxylic acids is 1. The Kier molecular flexibility index (Phi) is 5.60. The number of carboxylic acid groups (broad SMARTS) is 1. The van der Waals surface area contributed by atoms with E-state index >= 15 is 0 Å². The van der Waals surface area contributed by atoms with Crippen LogP contribution in [0.2, 0.25) is 0 Å². The van der Waals surface area contributed by atoms with Crippen molar-refractivity contribution in [3.63, 3.8) is 0 Å². The van der Waals surface area contributed by atoms with Gasteiger partial charge in [-0.1, -0.05) is 12.1 Å². The van der Waals surface area contributed by atoms with Crippen LogP contribution in [0, 0.1) is 6.92 Å². The second kappa shape index (κ2) is 7.93. The first-order valence-corrected chi connectivity index (χ1v) is 9.52. The molecule has 7 nitrogen and oxygen atoms in total. The van der Waals surface area contributed by atoms with E-state index in [1.807, 2.05) is 24.3 Å². The molecule has 0 fully saturated rings. The zero-order valence-corrected chi connectivity index (χ0v) is 16.6. The molecule has 0 aliphatic rings. The Balaban J connectivity index is 2.14. The minimum Gasteiger partial charge on any atom is -0.497 e. The molecule has 0 radical (unpaired) electrons. The molecule has 0 bridgehead atoms. The molecule has 146 valence electrons. The number of aromatic nitrogens is 2. The molecule has 1 N–H and O–H groups in total. The molecule has 0 saturated heterocycles. The number of benzene rings is 1. The molecule has 0 saturated carbocycles. The third kappa shape index (κ3) is 3.82. The average molecular weight is 400 g/mol. The Hall–Kier alpha value is -3.00. The summed E-state index contributed by atoms with van der Waals surface area (Å²) in [5, 5.41) is 9.68. The van der Waals surface area contributed by atoms with Crippen LogP contribution in [0.4, 0.5) is 0 Å². The number of carbonyl (C=O) groups excluding carboxylic acids is 1. The third-order valence-corrected chi connectivity index (χ3v) is 5.71. The topological polar surface area (TPSA) is 98.5 Å². The van der Waals surface area contributed by atoms with Crippen LogP contribution < -0.4 is 10.3 Å². The van der Waals surface area contributed by atoms with Gasteiger partial charge in [0.25, 0.3) is 5.56 Å². The fraction of sp³-hybridized carbons (Fsp3) is 0.300. The zero-order valence-electron chi connectivity index (χ0n) is 15.8. The minimum atomic E-state index is -1.08. The lowest BCUT2D eigenvalue weighted by molar-refractivity contribution is -0.117. The Morgan fingerprint density at radius 2 is 1.93 bits per heavy atom. The molecule has 0 aliphatic heterocycles. The van der Waals surface area contributed by atoms with Crippen LogP contribution >= 0.6 is 11.3 Å². The number of aromatic carboxylic acids is 1. The summed E-state index contributed by atoms with van der Waals surface area (Å²) in [5.74, 6) is 0.116. The van der Waals surface area contributed by atoms with Gasteiger partial charge in [-0.3, -0.25) is 14.2 Å². The number of hydrogen-bond acceptors (Lipinski definition) is 6. The van der Waals surface area contributed by atoms with E-state index < -0.39 is 5.97 Å². The van der Waals surface area contributed by atoms with Gasteiger partial charge in [-0.25, -0.2) is 9.78 Å². The second-order valence-corrected chi connectivity index (χ2v) is 7.50. The number of methoxy groups -OCH3 is 1. The van der Waals surface area contributed by atoms with E-state index in [4.69, 9.17) is 4.74 Å². The van der Waals surface area contributed by atoms with Gasteiger partial charge in [0.2, 0.25) is 0 Å². The molecule has 3 aromatic rings. The van der Waals surface area contributed by atoms with Crippen LogP contribution in [-0.2, 0) is 17.8 Å². The van der Waals surface area contributed by atoms with E-state index in [0.717, 1.165) is 22.6 Å². The van der Waals surface area contributed by atoms with Gasteiger partial charge < -0.3 is 9.84 Å². The molecule has 2 aromatic heterocycles. The number of rotatable bonds is 7. The maximum Gasteiger partial charge on any atom is 0.346 e. The maximum atomic E-state index is 13.1. The van der Waals surface area contributed by atoms with E-state index in [-0.39, 0.29) is 29.2 Å². The van der Waals surface area contributed by atoms with Crippen molar-refractivity contribution in [1.29, 1.82) is 0 Å². The number of Topliss-reactive ketones (excluding diaryl/α,β-unsaturated/α-hetero) is 1. The molecule has 1 aromatic carbocycles. The fourth-order valence-electron chi connectivity index (χ4n) is 3.02. The van der Waals surface area contributed by atoms with Gasteiger partial charge in [0.15, 0.2) is 0 Å². The lowest BCUT2D eigenvalue weighted by Gasteiger charge is -2.12. The van der Waals surface area contributed by atoms with Crippen molar-refractivity contribution < 1.29 is 19.4 Å². The number of ether oxygens (including phenoxy) is 1. The first kappa shape index (κ1) is 19.8. The summed E-state index contributed by atoms with van der Waals surface area (Å²) < 4.78 is 6.65. The smallest absolute Gasteiger partial charge is 0.346 e. The van der Waals surface area contributed by atoms with Gasteiger partial charge in [-0.05, 0) is 37.1 Å². The summed E-state index contributed by atoms with van der Waals surface area (Å²) in [6.07, 6.45) is 0.587. The number of thiophene rings is 1. The molecular weight excluding hydrogens is 380 g/mol. The van der Waals surface area contributed by atoms with E-state index in [0.29, 0.717) is 28.0 Å². The fourth-order valence-corrected chi connectivity index (χ4v) is 4.05. The van der Waals surface area contributed by atoms with Crippen LogP contribution in [0.3, 0.4) is 0 Å². The van der Waals surface area contributed by atoms with E-state index in [1.165, 1.54) is 11.5 Å². The predicted octanol–water partition coefficient (Wildman–Crippen LogP) is 3.04. The van der Waals surface area contributed by atoms with E-state index in [9.17, 15) is 19.5 Å². The predicted molar refractivity (Wildman–Crippen MR) is 107 cm³/mol. The van der Waals surface area contributed by atoms with Gasteiger partial charge in [0.05, 0.1) is 12.5 Å². The third-order valence-electron chi connectivity index (χ3n) is 4.53. The number of ketones is 1. The number of aryl methyl sites for hydroxylation is 1. The highest BCUT2D eigenvalue weighted by Crippen LogP contribution is 2.28. The molecule has 0 aliphatic carbocycles. The van der Waals surface area contributed by atoms with Crippen LogP contribution in [0.1, 0.15) is 40.0 Å². The summed E-state index contributed by atoms with van der Waals surface area (Å²) in [7, 11) is 1.59. The van der Waals surface area contributed by atoms with Crippen molar-refractivity contribution in [2.45, 2.75) is 33.2 Å². The van der Waals surface area contributed by atoms with E-state index in [2.05, 4.69) is 4.98 Å². The Bertz CT molecular complexity index is 1110. The quantitative estimate of drug-likeness (QED) is 0.655. The molecule has 2 heterocycles. The normalized spacial score (nSPS) is 11.0. The van der Waals surface area contributed by atoms with Gasteiger partial charge in [-0.15, -0.1) is 11.3 Å². The van der Waals surface area contributed by atoms with E-state index in [1.54, 1.807) is 14.0 Å². The molecule has 0 unspecified atom stereocenters. The van der Waals surface area contributed by atoms with Crippen LogP contribution in [0.25, 0.3) is 10.2 Å². The SMILES string of the molecule is COc1ccc(Cc2nc3sc(C(=O)O)c(C)c3c(=O)n2CCC(C)=O)cc1. The molecular formula is C20H20N2O5S. The number of hydrogen-bond donors (Lipinski definition) is 1. The first-order chi connectivity index (χ1) is 13.3. The van der Waals surface area contributed by atoms with Gasteiger partial charge in [0, 0.05) is 19.4 Å². The average Bonchev–Trinajstić information content (AvgIpc) is 2.98. The zero-order chi connectivity index (χ0) is 20.4. The number of fused-ring (bicyclic) bond motifs is 1. The molecule has 3 rings (SSSR count). The molecule has 0 spiro atoms. The lowest BCUT2D eigenvalue weighted by atomic mass is 10.1. The van der Waals surface area contributed by atoms with Crippen molar-refractivity contribution in [3.05, 3.63) is 56.4 Å². The van der Waals surface area contributed by atoms with Crippen LogP contribution in [-0.4, -0.2) is 33.5 Å². The highest BCUT2D eigenvalue weighted by atomic mass is 32.1. The summed E-state index contributed by atoms with van der Waals surface area (Å²) in [5.41, 5.74) is 1.03. The maximum absolute atomic E-state index is 13.1. The Labute approximate surface area is 165 Å². The largest absolute Gasteiger partial charge is 0.497 e. The molecule has 28 heavy (non-hydrogen) atoms. The first-order valence-electron chi connectivity index (χ1n) is 8.70. The second-order valence-electron chi connectivity index (χ2n) is 6.50. The Morgan fingerprint density at radius 3 is 2.50 bits per heavy atom. The van der Waals surface area contributed by atoms with Crippen molar-refractivity contribution in [2.75, 3.05) is 7.11 Å². The monoisotopic (exact) mass is 400 g/mol. The van der Waals surface area contributed by atoms with Crippen LogP contribution in [0.15, 0.2) is 29.1 Å². The van der Waals surface area contributed by atoms with Crippen molar-refractivity contribution in [1.82, 2.24) is 9.55 Å². The summed E-state index contributed by atoms with van der Waals surface area (Å²) >= 11 is 0.999. The summed E-state index contributed by atoms with van der Waals surface area (Å²) in [4.78, 5) is 41.1. The standard InChI is InChI=1S/C20H20N2O5S/c1-11(23)8-9-22-15(10-13-4-6-14(27-3)7-5-13)21-18-16(19(22)24)12(2)17(28-18)20(25)26/h4-7H,8-10H2,1-3H3,(H,25,26).